The SMILES string of the molecule is COC(=O)[C@H](CC(C)C)NCc1ccc(CNCc2ccc3cc(C(=O)NO)sc3c2)cc1. The molecule has 1 aromatic heterocycles. The average Bonchev–Trinajstić information content (AvgIpc) is 3.25. The Bertz CT molecular complexity index is 1080. The lowest BCUT2D eigenvalue weighted by Gasteiger charge is -2.18. The van der Waals surface area contributed by atoms with Gasteiger partial charge in [0.2, 0.25) is 0 Å². The number of carbonyl (C=O) groups is 2. The summed E-state index contributed by atoms with van der Waals surface area (Å²) in [5.74, 6) is -0.314. The Balaban J connectivity index is 1.50. The molecule has 0 bridgehead atoms. The zero-order chi connectivity index (χ0) is 23.8. The minimum atomic E-state index is -0.490. The summed E-state index contributed by atoms with van der Waals surface area (Å²) in [6.45, 7) is 6.22. The van der Waals surface area contributed by atoms with E-state index >= 15 is 0 Å². The molecule has 4 N–H and O–H groups in total. The van der Waals surface area contributed by atoms with E-state index in [1.165, 1.54) is 24.0 Å². The van der Waals surface area contributed by atoms with Crippen LogP contribution in [-0.4, -0.2) is 30.2 Å². The van der Waals surface area contributed by atoms with E-state index in [2.05, 4.69) is 54.8 Å². The molecule has 0 aliphatic heterocycles. The van der Waals surface area contributed by atoms with Crippen molar-refractivity contribution in [1.82, 2.24) is 16.1 Å². The van der Waals surface area contributed by atoms with Gasteiger partial charge in [-0.2, -0.15) is 0 Å². The quantitative estimate of drug-likeness (QED) is 0.193. The summed E-state index contributed by atoms with van der Waals surface area (Å²) in [6, 6.07) is 15.9. The third kappa shape index (κ3) is 7.10. The van der Waals surface area contributed by atoms with Crippen LogP contribution < -0.4 is 16.1 Å². The number of nitrogens with one attached hydrogen (secondary N) is 3. The number of amides is 1. The van der Waals surface area contributed by atoms with Crippen LogP contribution in [-0.2, 0) is 29.2 Å². The third-order valence-electron chi connectivity index (χ3n) is 5.34. The molecule has 2 aromatic carbocycles. The number of ether oxygens (including phenoxy) is 1. The minimum Gasteiger partial charge on any atom is -0.468 e. The highest BCUT2D eigenvalue weighted by Crippen LogP contribution is 2.26. The first-order valence-corrected chi connectivity index (χ1v) is 11.8. The Kier molecular flexibility index (Phi) is 8.96. The highest BCUT2D eigenvalue weighted by molar-refractivity contribution is 7.20. The Morgan fingerprint density at radius 2 is 1.61 bits per heavy atom. The summed E-state index contributed by atoms with van der Waals surface area (Å²) in [7, 11) is 1.42. The maximum Gasteiger partial charge on any atom is 0.322 e. The lowest BCUT2D eigenvalue weighted by molar-refractivity contribution is -0.143. The summed E-state index contributed by atoms with van der Waals surface area (Å²) in [4.78, 5) is 24.0. The molecule has 0 unspecified atom stereocenters. The van der Waals surface area contributed by atoms with E-state index in [-0.39, 0.29) is 12.0 Å². The molecule has 7 nitrogen and oxygen atoms in total. The van der Waals surface area contributed by atoms with E-state index in [0.29, 0.717) is 23.9 Å². The molecule has 3 rings (SSSR count). The van der Waals surface area contributed by atoms with Crippen molar-refractivity contribution >= 4 is 33.3 Å². The van der Waals surface area contributed by atoms with Crippen molar-refractivity contribution in [2.45, 2.75) is 45.9 Å². The lowest BCUT2D eigenvalue weighted by Crippen LogP contribution is -2.38. The van der Waals surface area contributed by atoms with Gasteiger partial charge < -0.3 is 15.4 Å². The minimum absolute atomic E-state index is 0.224. The fourth-order valence-corrected chi connectivity index (χ4v) is 4.61. The second-order valence-corrected chi connectivity index (χ2v) is 9.51. The number of thiophene rings is 1. The van der Waals surface area contributed by atoms with Crippen LogP contribution in [0, 0.1) is 5.92 Å². The van der Waals surface area contributed by atoms with Gasteiger partial charge in [0, 0.05) is 24.3 Å². The molecule has 1 atom stereocenters. The van der Waals surface area contributed by atoms with Gasteiger partial charge in [-0.25, -0.2) is 5.48 Å². The molecule has 33 heavy (non-hydrogen) atoms. The molecular weight excluding hydrogens is 438 g/mol. The van der Waals surface area contributed by atoms with E-state index in [9.17, 15) is 9.59 Å². The zero-order valence-corrected chi connectivity index (χ0v) is 20.0. The molecule has 176 valence electrons. The maximum atomic E-state index is 12.0. The Labute approximate surface area is 198 Å². The van der Waals surface area contributed by atoms with Crippen LogP contribution in [0.25, 0.3) is 10.1 Å². The standard InChI is InChI=1S/C25H31N3O4S/c1-16(2)10-21(25(30)32-3)27-15-18-6-4-17(5-7-18)13-26-14-19-8-9-20-12-23(24(29)28-31)33-22(20)11-19/h4-9,11-12,16,21,26-27,31H,10,13-15H2,1-3H3,(H,28,29)/t21-/m0/s1. The number of hydrogen-bond donors (Lipinski definition) is 4. The van der Waals surface area contributed by atoms with Gasteiger partial charge in [0.15, 0.2) is 0 Å². The van der Waals surface area contributed by atoms with E-state index in [0.717, 1.165) is 34.2 Å². The van der Waals surface area contributed by atoms with Crippen molar-refractivity contribution in [3.05, 3.63) is 70.1 Å². The molecule has 0 radical (unpaired) electrons. The number of methoxy groups -OCH3 is 1. The van der Waals surface area contributed by atoms with Gasteiger partial charge in [-0.05, 0) is 46.5 Å². The molecule has 1 amide bonds. The van der Waals surface area contributed by atoms with Gasteiger partial charge in [-0.3, -0.25) is 14.8 Å². The Hall–Kier alpha value is -2.78. The smallest absolute Gasteiger partial charge is 0.322 e. The monoisotopic (exact) mass is 469 g/mol. The second-order valence-electron chi connectivity index (χ2n) is 8.43. The summed E-state index contributed by atoms with van der Waals surface area (Å²) in [5.41, 5.74) is 5.09. The van der Waals surface area contributed by atoms with Gasteiger partial charge >= 0.3 is 5.97 Å². The topological polar surface area (TPSA) is 99.7 Å². The number of hydroxylamine groups is 1. The van der Waals surface area contributed by atoms with Gasteiger partial charge in [0.1, 0.15) is 6.04 Å². The highest BCUT2D eigenvalue weighted by Gasteiger charge is 2.19. The average molecular weight is 470 g/mol. The Morgan fingerprint density at radius 3 is 2.24 bits per heavy atom. The molecule has 0 aliphatic carbocycles. The van der Waals surface area contributed by atoms with Crippen LogP contribution in [0.15, 0.2) is 48.5 Å². The van der Waals surface area contributed by atoms with E-state index in [4.69, 9.17) is 9.94 Å². The fraction of sp³-hybridized carbons (Fsp3) is 0.360. The third-order valence-corrected chi connectivity index (χ3v) is 6.43. The molecule has 0 saturated carbocycles. The number of carbonyl (C=O) groups excluding carboxylic acids is 2. The molecular formula is C25H31N3O4S. The molecule has 0 saturated heterocycles. The van der Waals surface area contributed by atoms with Crippen LogP contribution in [0.5, 0.6) is 0 Å². The van der Waals surface area contributed by atoms with Crippen molar-refractivity contribution in [3.8, 4) is 0 Å². The largest absolute Gasteiger partial charge is 0.468 e. The predicted octanol–water partition coefficient (Wildman–Crippen LogP) is 3.99. The highest BCUT2D eigenvalue weighted by atomic mass is 32.1. The molecule has 0 aliphatic rings. The number of benzene rings is 2. The van der Waals surface area contributed by atoms with Crippen molar-refractivity contribution < 1.29 is 19.5 Å². The van der Waals surface area contributed by atoms with Gasteiger partial charge in [-0.15, -0.1) is 11.3 Å². The summed E-state index contributed by atoms with van der Waals surface area (Å²) >= 11 is 1.35. The van der Waals surface area contributed by atoms with Crippen LogP contribution in [0.1, 0.15) is 46.6 Å². The maximum absolute atomic E-state index is 12.0. The fourth-order valence-electron chi connectivity index (χ4n) is 3.60. The zero-order valence-electron chi connectivity index (χ0n) is 19.2. The Morgan fingerprint density at radius 1 is 0.970 bits per heavy atom. The van der Waals surface area contributed by atoms with Crippen molar-refractivity contribution in [1.29, 1.82) is 0 Å². The molecule has 1 heterocycles. The number of rotatable bonds is 11. The van der Waals surface area contributed by atoms with E-state index < -0.39 is 5.91 Å². The van der Waals surface area contributed by atoms with Crippen molar-refractivity contribution in [3.63, 3.8) is 0 Å². The number of hydrogen-bond acceptors (Lipinski definition) is 7. The van der Waals surface area contributed by atoms with Crippen LogP contribution in [0.4, 0.5) is 0 Å². The van der Waals surface area contributed by atoms with Crippen molar-refractivity contribution in [2.75, 3.05) is 7.11 Å². The molecule has 3 aromatic rings. The van der Waals surface area contributed by atoms with Gasteiger partial charge in [-0.1, -0.05) is 50.2 Å². The van der Waals surface area contributed by atoms with Crippen molar-refractivity contribution in [2.24, 2.45) is 5.92 Å². The second kappa shape index (κ2) is 11.9. The summed E-state index contributed by atoms with van der Waals surface area (Å²) < 4.78 is 5.91. The van der Waals surface area contributed by atoms with Crippen LogP contribution in [0.3, 0.4) is 0 Å². The first-order chi connectivity index (χ1) is 15.9. The summed E-state index contributed by atoms with van der Waals surface area (Å²) in [6.07, 6.45) is 0.738. The molecule has 0 spiro atoms. The van der Waals surface area contributed by atoms with Gasteiger partial charge in [0.25, 0.3) is 5.91 Å². The number of fused-ring (bicyclic) bond motifs is 1. The predicted molar refractivity (Wildman–Crippen MR) is 130 cm³/mol. The molecule has 8 heteroatoms. The van der Waals surface area contributed by atoms with Crippen LogP contribution >= 0.6 is 11.3 Å². The lowest BCUT2D eigenvalue weighted by atomic mass is 10.0. The van der Waals surface area contributed by atoms with Crippen LogP contribution in [0.2, 0.25) is 0 Å². The normalized spacial score (nSPS) is 12.2. The molecule has 0 fully saturated rings. The summed E-state index contributed by atoms with van der Waals surface area (Å²) in [5, 5.41) is 16.5. The van der Waals surface area contributed by atoms with E-state index in [1.54, 1.807) is 11.5 Å². The van der Waals surface area contributed by atoms with E-state index in [1.807, 2.05) is 12.1 Å². The number of esters is 1. The first-order valence-electron chi connectivity index (χ1n) is 11.0. The van der Waals surface area contributed by atoms with Gasteiger partial charge in [0.05, 0.1) is 12.0 Å². The first kappa shape index (κ1) is 24.9.